The van der Waals surface area contributed by atoms with Crippen LogP contribution in [-0.2, 0) is 9.59 Å². The molecule has 0 saturated carbocycles. The van der Waals surface area contributed by atoms with Gasteiger partial charge >= 0.3 is 0 Å². The van der Waals surface area contributed by atoms with Crippen molar-refractivity contribution in [2.45, 2.75) is 19.4 Å². The van der Waals surface area contributed by atoms with E-state index < -0.39 is 5.82 Å². The Bertz CT molecular complexity index is 895. The fourth-order valence-corrected chi connectivity index (χ4v) is 4.30. The minimum atomic E-state index is -0.421. The third-order valence-electron chi connectivity index (χ3n) is 5.81. The van der Waals surface area contributed by atoms with Crippen molar-refractivity contribution in [3.8, 4) is 0 Å². The third-order valence-corrected chi connectivity index (χ3v) is 6.12. The summed E-state index contributed by atoms with van der Waals surface area (Å²) >= 11 is 5.75. The smallest absolute Gasteiger partial charge is 0.238 e. The van der Waals surface area contributed by atoms with Crippen molar-refractivity contribution < 1.29 is 14.0 Å². The van der Waals surface area contributed by atoms with Crippen LogP contribution in [0.4, 0.5) is 10.1 Å². The van der Waals surface area contributed by atoms with E-state index in [4.69, 9.17) is 11.6 Å². The quantitative estimate of drug-likeness (QED) is 0.785. The molecule has 1 aliphatic carbocycles. The van der Waals surface area contributed by atoms with Gasteiger partial charge in [0.25, 0.3) is 0 Å². The van der Waals surface area contributed by atoms with Crippen LogP contribution in [0.3, 0.4) is 0 Å². The summed E-state index contributed by atoms with van der Waals surface area (Å²) < 4.78 is 13.7. The Morgan fingerprint density at radius 2 is 2.10 bits per heavy atom. The van der Waals surface area contributed by atoms with Crippen molar-refractivity contribution in [3.63, 3.8) is 0 Å². The lowest BCUT2D eigenvalue weighted by Crippen LogP contribution is -2.49. The zero-order valence-electron chi connectivity index (χ0n) is 16.3. The molecule has 2 saturated heterocycles. The number of piperazine rings is 1. The van der Waals surface area contributed by atoms with Crippen molar-refractivity contribution in [3.05, 3.63) is 53.0 Å². The number of nitrogens with one attached hydrogen (secondary N) is 2. The molecule has 2 fully saturated rings. The predicted octanol–water partition coefficient (Wildman–Crippen LogP) is 2.07. The van der Waals surface area contributed by atoms with E-state index in [0.29, 0.717) is 39.1 Å². The molecule has 2 amide bonds. The van der Waals surface area contributed by atoms with Crippen LogP contribution in [0.25, 0.3) is 0 Å². The average Bonchev–Trinajstić information content (AvgIpc) is 2.97. The van der Waals surface area contributed by atoms with E-state index >= 15 is 0 Å². The lowest BCUT2D eigenvalue weighted by molar-refractivity contribution is -0.121. The second-order valence-corrected chi connectivity index (χ2v) is 8.50. The zero-order valence-corrected chi connectivity index (χ0v) is 17.0. The van der Waals surface area contributed by atoms with Gasteiger partial charge in [0.1, 0.15) is 5.82 Å². The molecular formula is C21H24ClFN4O2. The molecule has 2 aliphatic heterocycles. The average molecular weight is 419 g/mol. The molecule has 0 aromatic heterocycles. The van der Waals surface area contributed by atoms with Gasteiger partial charge in [-0.3, -0.25) is 14.5 Å². The molecule has 2 N–H and O–H groups in total. The SMILES string of the molecule is C[C@@]12C=C(NC(=O)CN3CCN(c4ccc(Cl)c(F)c4)CC3)C=CC1NC(=O)C2. The van der Waals surface area contributed by atoms with Crippen molar-refractivity contribution in [2.24, 2.45) is 5.41 Å². The maximum Gasteiger partial charge on any atom is 0.238 e. The minimum absolute atomic E-state index is 0.0126. The second-order valence-electron chi connectivity index (χ2n) is 8.10. The fourth-order valence-electron chi connectivity index (χ4n) is 4.18. The molecule has 1 aromatic carbocycles. The summed E-state index contributed by atoms with van der Waals surface area (Å²) in [4.78, 5) is 28.3. The fraction of sp³-hybridized carbons (Fsp3) is 0.429. The maximum absolute atomic E-state index is 13.7. The number of carbonyl (C=O) groups excluding carboxylic acids is 2. The van der Waals surface area contributed by atoms with E-state index in [1.807, 2.05) is 31.2 Å². The van der Waals surface area contributed by atoms with Gasteiger partial charge in [-0.1, -0.05) is 30.7 Å². The molecule has 0 spiro atoms. The molecular weight excluding hydrogens is 395 g/mol. The van der Waals surface area contributed by atoms with Crippen LogP contribution in [0.1, 0.15) is 13.3 Å². The Hall–Kier alpha value is -2.38. The summed E-state index contributed by atoms with van der Waals surface area (Å²) in [5.74, 6) is -0.467. The summed E-state index contributed by atoms with van der Waals surface area (Å²) in [6.45, 7) is 5.17. The highest BCUT2D eigenvalue weighted by atomic mass is 35.5. The molecule has 0 bridgehead atoms. The van der Waals surface area contributed by atoms with E-state index in [1.165, 1.54) is 6.07 Å². The van der Waals surface area contributed by atoms with Crippen LogP contribution < -0.4 is 15.5 Å². The van der Waals surface area contributed by atoms with Gasteiger partial charge in [-0.05, 0) is 24.3 Å². The molecule has 29 heavy (non-hydrogen) atoms. The Morgan fingerprint density at radius 3 is 2.83 bits per heavy atom. The van der Waals surface area contributed by atoms with Crippen molar-refractivity contribution in [2.75, 3.05) is 37.6 Å². The first-order chi connectivity index (χ1) is 13.8. The first-order valence-corrected chi connectivity index (χ1v) is 10.1. The van der Waals surface area contributed by atoms with Crippen LogP contribution in [0, 0.1) is 11.2 Å². The lowest BCUT2D eigenvalue weighted by Gasteiger charge is -2.36. The third kappa shape index (κ3) is 4.31. The van der Waals surface area contributed by atoms with Gasteiger partial charge in [0.05, 0.1) is 17.6 Å². The van der Waals surface area contributed by atoms with Crippen LogP contribution in [0.5, 0.6) is 0 Å². The Morgan fingerprint density at radius 1 is 1.34 bits per heavy atom. The Kier molecular flexibility index (Phi) is 5.36. The molecule has 8 heteroatoms. The lowest BCUT2D eigenvalue weighted by atomic mass is 9.79. The number of anilines is 1. The van der Waals surface area contributed by atoms with Crippen molar-refractivity contribution in [1.82, 2.24) is 15.5 Å². The summed E-state index contributed by atoms with van der Waals surface area (Å²) in [5, 5.41) is 6.00. The Labute approximate surface area is 174 Å². The molecule has 3 aliphatic rings. The second kappa shape index (κ2) is 7.80. The van der Waals surface area contributed by atoms with Gasteiger partial charge in [0, 0.05) is 49.4 Å². The van der Waals surface area contributed by atoms with Gasteiger partial charge < -0.3 is 15.5 Å². The Balaban J connectivity index is 1.29. The number of rotatable bonds is 4. The van der Waals surface area contributed by atoms with Crippen LogP contribution in [0.2, 0.25) is 5.02 Å². The summed E-state index contributed by atoms with van der Waals surface area (Å²) in [5.41, 5.74) is 1.24. The summed E-state index contributed by atoms with van der Waals surface area (Å²) in [6, 6.07) is 4.81. The van der Waals surface area contributed by atoms with E-state index in [2.05, 4.69) is 20.4 Å². The molecule has 2 atom stereocenters. The molecule has 1 unspecified atom stereocenters. The van der Waals surface area contributed by atoms with E-state index in [9.17, 15) is 14.0 Å². The largest absolute Gasteiger partial charge is 0.369 e. The van der Waals surface area contributed by atoms with Crippen molar-refractivity contribution >= 4 is 29.1 Å². The topological polar surface area (TPSA) is 64.7 Å². The number of carbonyl (C=O) groups is 2. The van der Waals surface area contributed by atoms with Crippen LogP contribution in [0.15, 0.2) is 42.1 Å². The number of hydrogen-bond acceptors (Lipinski definition) is 4. The number of hydrogen-bond donors (Lipinski definition) is 2. The monoisotopic (exact) mass is 418 g/mol. The summed E-state index contributed by atoms with van der Waals surface area (Å²) in [6.07, 6.45) is 6.18. The van der Waals surface area contributed by atoms with Gasteiger partial charge in [-0.25, -0.2) is 4.39 Å². The van der Waals surface area contributed by atoms with Crippen LogP contribution in [-0.4, -0.2) is 55.5 Å². The molecule has 1 aromatic rings. The molecule has 0 radical (unpaired) electrons. The number of benzene rings is 1. The van der Waals surface area contributed by atoms with Gasteiger partial charge in [-0.15, -0.1) is 0 Å². The highest BCUT2D eigenvalue weighted by molar-refractivity contribution is 6.30. The normalized spacial score (nSPS) is 26.7. The molecule has 6 nitrogen and oxygen atoms in total. The first kappa shape index (κ1) is 19.9. The zero-order chi connectivity index (χ0) is 20.6. The standard InChI is InChI=1S/C21H24ClFN4O2/c1-21-11-14(2-5-18(21)25-19(28)12-21)24-20(29)13-26-6-8-27(9-7-26)15-3-4-16(22)17(23)10-15/h2-5,10-11,18H,6-9,12-13H2,1H3,(H,24,29)(H,25,28)/t18?,21-/m0/s1. The first-order valence-electron chi connectivity index (χ1n) is 9.75. The summed E-state index contributed by atoms with van der Waals surface area (Å²) in [7, 11) is 0. The van der Waals surface area contributed by atoms with E-state index in [0.717, 1.165) is 11.4 Å². The molecule has 2 heterocycles. The predicted molar refractivity (Wildman–Crippen MR) is 110 cm³/mol. The number of allylic oxidation sites excluding steroid dienone is 1. The number of fused-ring (bicyclic) bond motifs is 1. The minimum Gasteiger partial charge on any atom is -0.369 e. The van der Waals surface area contributed by atoms with Gasteiger partial charge in [0.2, 0.25) is 11.8 Å². The van der Waals surface area contributed by atoms with Crippen LogP contribution >= 0.6 is 11.6 Å². The van der Waals surface area contributed by atoms with Gasteiger partial charge in [-0.2, -0.15) is 0 Å². The molecule has 154 valence electrons. The molecule has 4 rings (SSSR count). The number of nitrogens with zero attached hydrogens (tertiary/aromatic N) is 2. The number of amides is 2. The number of halogens is 2. The van der Waals surface area contributed by atoms with Gasteiger partial charge in [0.15, 0.2) is 0 Å². The van der Waals surface area contributed by atoms with E-state index in [1.54, 1.807) is 6.07 Å². The van der Waals surface area contributed by atoms with Crippen molar-refractivity contribution in [1.29, 1.82) is 0 Å². The highest BCUT2D eigenvalue weighted by Gasteiger charge is 2.42. The highest BCUT2D eigenvalue weighted by Crippen LogP contribution is 2.37. The van der Waals surface area contributed by atoms with E-state index in [-0.39, 0.29) is 28.3 Å². The maximum atomic E-state index is 13.7.